The summed E-state index contributed by atoms with van der Waals surface area (Å²) in [6, 6.07) is 7.90. The zero-order valence-corrected chi connectivity index (χ0v) is 7.37. The summed E-state index contributed by atoms with van der Waals surface area (Å²) in [7, 11) is -0.889. The number of hydrogen-bond donors (Lipinski definition) is 1. The molecule has 1 aliphatic heterocycles. The third-order valence-corrected chi connectivity index (χ3v) is 3.87. The van der Waals surface area contributed by atoms with Crippen LogP contribution in [0.15, 0.2) is 29.2 Å². The van der Waals surface area contributed by atoms with E-state index in [1.807, 2.05) is 24.3 Å². The number of nitrogens with one attached hydrogen (secondary N) is 1. The van der Waals surface area contributed by atoms with Crippen molar-refractivity contribution in [2.75, 3.05) is 9.81 Å². The Labute approximate surface area is 72.0 Å². The number of anilines is 1. The lowest BCUT2D eigenvalue weighted by Gasteiger charge is -2.15. The molecule has 0 aromatic heterocycles. The van der Waals surface area contributed by atoms with Crippen molar-refractivity contribution in [1.82, 2.24) is 0 Å². The molecule has 1 aromatic rings. The molecule has 1 atom stereocenters. The number of thioether (sulfide) groups is 1. The van der Waals surface area contributed by atoms with Gasteiger partial charge in [-0.3, -0.25) is 0 Å². The van der Waals surface area contributed by atoms with Gasteiger partial charge in [0.1, 0.15) is 11.0 Å². The second-order valence-electron chi connectivity index (χ2n) is 2.21. The maximum atomic E-state index is 11.0. The second kappa shape index (κ2) is 2.87. The van der Waals surface area contributed by atoms with Crippen LogP contribution in [0.1, 0.15) is 0 Å². The number of hydrogen-bond acceptors (Lipinski definition) is 2. The minimum atomic E-state index is -0.889. The van der Waals surface area contributed by atoms with Crippen molar-refractivity contribution in [2.24, 2.45) is 0 Å². The van der Waals surface area contributed by atoms with Crippen LogP contribution in [0.3, 0.4) is 0 Å². The maximum absolute atomic E-state index is 11.0. The third kappa shape index (κ3) is 1.41. The minimum absolute atomic E-state index is 0.650. The van der Waals surface area contributed by atoms with E-state index in [-0.39, 0.29) is 0 Å². The Kier molecular flexibility index (Phi) is 1.87. The topological polar surface area (TPSA) is 29.1 Å². The SMILES string of the molecule is O=S1CSc2ccccc2N1. The summed E-state index contributed by atoms with van der Waals surface area (Å²) in [5.41, 5.74) is 0.988. The van der Waals surface area contributed by atoms with Crippen LogP contribution in [0.2, 0.25) is 0 Å². The van der Waals surface area contributed by atoms with Gasteiger partial charge in [-0.05, 0) is 12.1 Å². The molecule has 0 spiro atoms. The smallest absolute Gasteiger partial charge is 0.127 e. The van der Waals surface area contributed by atoms with E-state index >= 15 is 0 Å². The van der Waals surface area contributed by atoms with Gasteiger partial charge >= 0.3 is 0 Å². The van der Waals surface area contributed by atoms with E-state index in [1.165, 1.54) is 4.90 Å². The molecule has 4 heteroatoms. The lowest BCUT2D eigenvalue weighted by Crippen LogP contribution is -2.11. The molecule has 0 radical (unpaired) electrons. The predicted octanol–water partition coefficient (Wildman–Crippen LogP) is 1.83. The summed E-state index contributed by atoms with van der Waals surface area (Å²) in [5, 5.41) is 0.650. The summed E-state index contributed by atoms with van der Waals surface area (Å²) in [6.07, 6.45) is 0. The van der Waals surface area contributed by atoms with E-state index in [9.17, 15) is 4.21 Å². The van der Waals surface area contributed by atoms with Crippen LogP contribution in [0.25, 0.3) is 0 Å². The predicted molar refractivity (Wildman–Crippen MR) is 48.9 cm³/mol. The first-order valence-corrected chi connectivity index (χ1v) is 5.53. The van der Waals surface area contributed by atoms with Gasteiger partial charge in [0.25, 0.3) is 0 Å². The number of fused-ring (bicyclic) bond motifs is 1. The molecule has 2 rings (SSSR count). The van der Waals surface area contributed by atoms with Gasteiger partial charge < -0.3 is 4.72 Å². The fourth-order valence-electron chi connectivity index (χ4n) is 0.946. The standard InChI is InChI=1S/C7H7NOS2/c9-11-5-10-7-4-2-1-3-6(7)8-11/h1-4,8H,5H2. The van der Waals surface area contributed by atoms with Crippen LogP contribution in [-0.4, -0.2) is 9.29 Å². The zero-order chi connectivity index (χ0) is 7.68. The molecule has 1 aromatic carbocycles. The van der Waals surface area contributed by atoms with Gasteiger partial charge in [-0.1, -0.05) is 12.1 Å². The summed E-state index contributed by atoms with van der Waals surface area (Å²) < 4.78 is 13.9. The number of benzene rings is 1. The highest BCUT2D eigenvalue weighted by Crippen LogP contribution is 2.31. The van der Waals surface area contributed by atoms with Crippen LogP contribution in [0, 0.1) is 0 Å². The van der Waals surface area contributed by atoms with Crippen molar-refractivity contribution < 1.29 is 4.21 Å². The van der Waals surface area contributed by atoms with Crippen molar-refractivity contribution in [3.8, 4) is 0 Å². The molecule has 0 saturated heterocycles. The summed E-state index contributed by atoms with van der Waals surface area (Å²) >= 11 is 1.63. The lowest BCUT2D eigenvalue weighted by atomic mass is 10.3. The largest absolute Gasteiger partial charge is 0.303 e. The van der Waals surface area contributed by atoms with Crippen LogP contribution in [0.5, 0.6) is 0 Å². The Morgan fingerprint density at radius 1 is 1.45 bits per heavy atom. The monoisotopic (exact) mass is 185 g/mol. The Hall–Kier alpha value is -0.480. The summed E-state index contributed by atoms with van der Waals surface area (Å²) in [6.45, 7) is 0. The molecule has 0 amide bonds. The van der Waals surface area contributed by atoms with Crippen LogP contribution in [0.4, 0.5) is 5.69 Å². The number of para-hydroxylation sites is 1. The highest BCUT2D eigenvalue weighted by atomic mass is 32.2. The first-order chi connectivity index (χ1) is 5.36. The van der Waals surface area contributed by atoms with E-state index in [0.29, 0.717) is 5.08 Å². The molecule has 11 heavy (non-hydrogen) atoms. The Morgan fingerprint density at radius 2 is 2.27 bits per heavy atom. The van der Waals surface area contributed by atoms with Gasteiger partial charge in [0.15, 0.2) is 0 Å². The first kappa shape index (κ1) is 7.18. The number of rotatable bonds is 0. The van der Waals surface area contributed by atoms with Gasteiger partial charge in [0, 0.05) is 4.90 Å². The molecule has 1 N–H and O–H groups in total. The Morgan fingerprint density at radius 3 is 3.18 bits per heavy atom. The zero-order valence-electron chi connectivity index (χ0n) is 5.74. The van der Waals surface area contributed by atoms with Crippen molar-refractivity contribution in [2.45, 2.75) is 4.90 Å². The van der Waals surface area contributed by atoms with E-state index in [1.54, 1.807) is 11.8 Å². The summed E-state index contributed by atoms with van der Waals surface area (Å²) in [5.74, 6) is 0. The highest BCUT2D eigenvalue weighted by molar-refractivity contribution is 8.11. The molecule has 0 fully saturated rings. The summed E-state index contributed by atoms with van der Waals surface area (Å²) in [4.78, 5) is 1.19. The van der Waals surface area contributed by atoms with Gasteiger partial charge in [-0.2, -0.15) is 0 Å². The van der Waals surface area contributed by atoms with Crippen molar-refractivity contribution in [1.29, 1.82) is 0 Å². The van der Waals surface area contributed by atoms with Crippen LogP contribution in [-0.2, 0) is 11.0 Å². The van der Waals surface area contributed by atoms with Crippen molar-refractivity contribution in [3.05, 3.63) is 24.3 Å². The lowest BCUT2D eigenvalue weighted by molar-refractivity contribution is 0.689. The fourth-order valence-corrected chi connectivity index (χ4v) is 3.05. The Bertz CT molecular complexity index is 300. The van der Waals surface area contributed by atoms with Gasteiger partial charge in [0.05, 0.1) is 10.8 Å². The Balaban J connectivity index is 2.41. The second-order valence-corrected chi connectivity index (χ2v) is 4.77. The fraction of sp³-hybridized carbons (Fsp3) is 0.143. The van der Waals surface area contributed by atoms with Crippen molar-refractivity contribution >= 4 is 28.4 Å². The average Bonchev–Trinajstić information content (AvgIpc) is 2.04. The van der Waals surface area contributed by atoms with E-state index in [2.05, 4.69) is 4.72 Å². The molecule has 1 heterocycles. The maximum Gasteiger partial charge on any atom is 0.127 e. The molecule has 0 saturated carbocycles. The molecule has 58 valence electrons. The van der Waals surface area contributed by atoms with Crippen LogP contribution < -0.4 is 4.72 Å². The molecule has 2 nitrogen and oxygen atoms in total. The van der Waals surface area contributed by atoms with E-state index in [0.717, 1.165) is 5.69 Å². The molecule has 1 aliphatic rings. The van der Waals surface area contributed by atoms with Crippen LogP contribution >= 0.6 is 11.8 Å². The molecule has 1 unspecified atom stereocenters. The van der Waals surface area contributed by atoms with Gasteiger partial charge in [-0.15, -0.1) is 11.8 Å². The van der Waals surface area contributed by atoms with Gasteiger partial charge in [0.2, 0.25) is 0 Å². The highest BCUT2D eigenvalue weighted by Gasteiger charge is 2.11. The third-order valence-electron chi connectivity index (χ3n) is 1.43. The van der Waals surface area contributed by atoms with Crippen molar-refractivity contribution in [3.63, 3.8) is 0 Å². The van der Waals surface area contributed by atoms with E-state index < -0.39 is 11.0 Å². The first-order valence-electron chi connectivity index (χ1n) is 3.23. The minimum Gasteiger partial charge on any atom is -0.303 e. The van der Waals surface area contributed by atoms with Gasteiger partial charge in [-0.25, -0.2) is 4.21 Å². The molecule has 0 bridgehead atoms. The normalized spacial score (nSPS) is 22.0. The van der Waals surface area contributed by atoms with E-state index in [4.69, 9.17) is 0 Å². The molecule has 0 aliphatic carbocycles. The quantitative estimate of drug-likeness (QED) is 0.668. The molecular formula is C7H7NOS2. The average molecular weight is 185 g/mol. The molecular weight excluding hydrogens is 178 g/mol.